The van der Waals surface area contributed by atoms with Crippen LogP contribution in [-0.4, -0.2) is 109 Å². The van der Waals surface area contributed by atoms with Crippen molar-refractivity contribution in [3.05, 3.63) is 22.3 Å². The molecule has 2 amide bonds. The fourth-order valence-corrected chi connectivity index (χ4v) is 8.24. The molecule has 5 rings (SSSR count). The molecule has 244 valence electrons. The zero-order chi connectivity index (χ0) is 32.1. The van der Waals surface area contributed by atoms with Gasteiger partial charge in [-0.25, -0.2) is 14.5 Å². The van der Waals surface area contributed by atoms with Crippen LogP contribution < -0.4 is 11.1 Å². The maximum atomic E-state index is 13.6. The molecule has 0 spiro atoms. The second kappa shape index (κ2) is 14.9. The van der Waals surface area contributed by atoms with Crippen LogP contribution in [0.5, 0.6) is 0 Å². The SMILES string of the molecule is CC(OC(=O)C1=C(CSc2nnnn2CCN(C)C)CS[C@H]2[C@H](NC(=O)Cc3csc(N)n3)C(=O)N12)OC(=O)C1CCCCC1. The van der Waals surface area contributed by atoms with Gasteiger partial charge in [-0.05, 0) is 42.9 Å². The Kier molecular flexibility index (Phi) is 11.0. The summed E-state index contributed by atoms with van der Waals surface area (Å²) in [5.74, 6) is -1.46. The van der Waals surface area contributed by atoms with E-state index in [1.54, 1.807) is 10.1 Å². The lowest BCUT2D eigenvalue weighted by Gasteiger charge is -2.49. The number of esters is 2. The van der Waals surface area contributed by atoms with Crippen molar-refractivity contribution in [2.24, 2.45) is 5.92 Å². The molecule has 1 saturated heterocycles. The van der Waals surface area contributed by atoms with E-state index in [-0.39, 0.29) is 29.9 Å². The average Bonchev–Trinajstić information content (AvgIpc) is 3.65. The number of nitrogens with two attached hydrogens (primary N) is 1. The molecule has 2 aliphatic heterocycles. The Balaban J connectivity index is 1.29. The number of β-lactam (4-membered cyclic amide) rings is 1. The summed E-state index contributed by atoms with van der Waals surface area (Å²) in [6.45, 7) is 2.81. The van der Waals surface area contributed by atoms with Crippen molar-refractivity contribution in [2.75, 3.05) is 37.9 Å². The Morgan fingerprint density at radius 1 is 1.22 bits per heavy atom. The van der Waals surface area contributed by atoms with Gasteiger partial charge >= 0.3 is 11.9 Å². The Morgan fingerprint density at radius 2 is 2.00 bits per heavy atom. The number of rotatable bonds is 13. The van der Waals surface area contributed by atoms with Crippen LogP contribution in [0.2, 0.25) is 0 Å². The minimum atomic E-state index is -1.14. The number of nitrogens with zero attached hydrogens (tertiary/aromatic N) is 7. The first-order valence-electron chi connectivity index (χ1n) is 14.7. The lowest BCUT2D eigenvalue weighted by atomic mass is 9.89. The molecule has 0 aromatic carbocycles. The Labute approximate surface area is 273 Å². The number of carbonyl (C=O) groups excluding carboxylic acids is 4. The third-order valence-electron chi connectivity index (χ3n) is 7.60. The number of thiazole rings is 1. The summed E-state index contributed by atoms with van der Waals surface area (Å²) < 4.78 is 12.8. The van der Waals surface area contributed by atoms with Gasteiger partial charge in [0.1, 0.15) is 17.1 Å². The maximum Gasteiger partial charge on any atom is 0.358 e. The molecule has 3 atom stereocenters. The zero-order valence-electron chi connectivity index (χ0n) is 25.3. The minimum Gasteiger partial charge on any atom is -0.425 e. The van der Waals surface area contributed by atoms with Crippen LogP contribution in [-0.2, 0) is 41.6 Å². The first kappa shape index (κ1) is 33.2. The van der Waals surface area contributed by atoms with Crippen molar-refractivity contribution < 1.29 is 28.7 Å². The Morgan fingerprint density at radius 3 is 2.71 bits per heavy atom. The topological polar surface area (TPSA) is 188 Å². The van der Waals surface area contributed by atoms with Gasteiger partial charge in [-0.2, -0.15) is 0 Å². The molecule has 1 aliphatic carbocycles. The molecule has 15 nitrogen and oxygen atoms in total. The molecule has 1 saturated carbocycles. The van der Waals surface area contributed by atoms with E-state index < -0.39 is 29.6 Å². The second-order valence-electron chi connectivity index (χ2n) is 11.3. The number of hydrogen-bond acceptors (Lipinski definition) is 15. The van der Waals surface area contributed by atoms with Gasteiger partial charge < -0.3 is 25.4 Å². The molecular weight excluding hydrogens is 643 g/mol. The van der Waals surface area contributed by atoms with Crippen LogP contribution in [0.3, 0.4) is 0 Å². The van der Waals surface area contributed by atoms with Crippen molar-refractivity contribution in [3.63, 3.8) is 0 Å². The van der Waals surface area contributed by atoms with Gasteiger partial charge in [-0.15, -0.1) is 28.2 Å². The van der Waals surface area contributed by atoms with Crippen molar-refractivity contribution in [3.8, 4) is 0 Å². The van der Waals surface area contributed by atoms with E-state index in [9.17, 15) is 19.2 Å². The smallest absolute Gasteiger partial charge is 0.358 e. The van der Waals surface area contributed by atoms with E-state index in [0.717, 1.165) is 38.6 Å². The highest BCUT2D eigenvalue weighted by molar-refractivity contribution is 8.01. The van der Waals surface area contributed by atoms with Crippen LogP contribution >= 0.6 is 34.9 Å². The number of tetrazole rings is 1. The predicted molar refractivity (Wildman–Crippen MR) is 168 cm³/mol. The molecule has 3 N–H and O–H groups in total. The number of thioether (sulfide) groups is 2. The van der Waals surface area contributed by atoms with Crippen molar-refractivity contribution in [1.29, 1.82) is 0 Å². The van der Waals surface area contributed by atoms with Gasteiger partial charge in [0.2, 0.25) is 17.4 Å². The van der Waals surface area contributed by atoms with Gasteiger partial charge in [0.15, 0.2) is 5.13 Å². The third-order valence-corrected chi connectivity index (χ3v) is 10.7. The minimum absolute atomic E-state index is 0.0199. The lowest BCUT2D eigenvalue weighted by Crippen LogP contribution is -2.70. The predicted octanol–water partition coefficient (Wildman–Crippen LogP) is 1.27. The highest BCUT2D eigenvalue weighted by Crippen LogP contribution is 2.42. The summed E-state index contributed by atoms with van der Waals surface area (Å²) in [5.41, 5.74) is 6.92. The van der Waals surface area contributed by atoms with Gasteiger partial charge in [0, 0.05) is 30.4 Å². The van der Waals surface area contributed by atoms with Crippen LogP contribution in [0.1, 0.15) is 44.7 Å². The Bertz CT molecular complexity index is 1440. The molecule has 2 fully saturated rings. The number of likely N-dealkylation sites (N-methyl/N-ethyl adjacent to an activating group) is 1. The van der Waals surface area contributed by atoms with E-state index >= 15 is 0 Å². The molecule has 1 unspecified atom stereocenters. The molecule has 0 radical (unpaired) electrons. The molecule has 45 heavy (non-hydrogen) atoms. The first-order valence-corrected chi connectivity index (χ1v) is 17.6. The number of anilines is 1. The van der Waals surface area contributed by atoms with Gasteiger partial charge in [0.05, 0.1) is 24.6 Å². The highest BCUT2D eigenvalue weighted by atomic mass is 32.2. The van der Waals surface area contributed by atoms with E-state index in [1.165, 1.54) is 46.7 Å². The second-order valence-corrected chi connectivity index (χ2v) is 14.2. The number of nitrogen functional groups attached to an aromatic ring is 1. The fourth-order valence-electron chi connectivity index (χ4n) is 5.29. The number of hydrogen-bond donors (Lipinski definition) is 2. The van der Waals surface area contributed by atoms with E-state index in [4.69, 9.17) is 15.2 Å². The normalized spacial score (nSPS) is 20.9. The molecular formula is C27H37N9O6S3. The number of aromatic nitrogens is 5. The Hall–Kier alpha value is -3.22. The molecule has 4 heterocycles. The first-order chi connectivity index (χ1) is 21.6. The highest BCUT2D eigenvalue weighted by Gasteiger charge is 2.54. The summed E-state index contributed by atoms with van der Waals surface area (Å²) in [5, 5.41) is 16.9. The summed E-state index contributed by atoms with van der Waals surface area (Å²) in [6.07, 6.45) is 3.37. The van der Waals surface area contributed by atoms with E-state index in [2.05, 4.69) is 25.8 Å². The van der Waals surface area contributed by atoms with Crippen LogP contribution in [0.15, 0.2) is 21.8 Å². The third kappa shape index (κ3) is 8.14. The largest absolute Gasteiger partial charge is 0.425 e. The summed E-state index contributed by atoms with van der Waals surface area (Å²) >= 11 is 4.02. The van der Waals surface area contributed by atoms with Gasteiger partial charge in [0.25, 0.3) is 5.91 Å². The fraction of sp³-hybridized carbons (Fsp3) is 0.630. The maximum absolute atomic E-state index is 13.6. The monoisotopic (exact) mass is 679 g/mol. The van der Waals surface area contributed by atoms with E-state index in [0.29, 0.717) is 39.6 Å². The molecule has 2 aromatic rings. The summed E-state index contributed by atoms with van der Waals surface area (Å²) in [6, 6.07) is -0.824. The van der Waals surface area contributed by atoms with Gasteiger partial charge in [-0.1, -0.05) is 31.0 Å². The molecule has 18 heteroatoms. The van der Waals surface area contributed by atoms with Crippen molar-refractivity contribution in [2.45, 2.75) is 74.9 Å². The number of nitrogens with one attached hydrogen (secondary N) is 1. The number of carbonyl (C=O) groups is 4. The average molecular weight is 680 g/mol. The van der Waals surface area contributed by atoms with Crippen LogP contribution in [0.25, 0.3) is 0 Å². The zero-order valence-corrected chi connectivity index (χ0v) is 27.8. The lowest BCUT2D eigenvalue weighted by molar-refractivity contribution is -0.187. The quantitative estimate of drug-likeness (QED) is 0.133. The number of amides is 2. The standard InChI is InChI=1S/C27H37N9O6S3/c1-15(41-24(39)16-7-5-4-6-8-16)42-25(40)21-17(13-45-27-31-32-33-35(27)10-9-34(2)3)12-43-23-20(22(38)36(21)23)30-19(37)11-18-14-44-26(28)29-18/h14-16,20,23H,4-13H2,1-3H3,(H2,28,29)(H,30,37)/t15?,20-,23+/m1/s1. The summed E-state index contributed by atoms with van der Waals surface area (Å²) in [7, 11) is 3.91. The van der Waals surface area contributed by atoms with Gasteiger partial charge in [-0.3, -0.25) is 19.3 Å². The van der Waals surface area contributed by atoms with Crippen molar-refractivity contribution in [1.82, 2.24) is 40.3 Å². The number of ether oxygens (including phenoxy) is 2. The van der Waals surface area contributed by atoms with E-state index in [1.807, 2.05) is 19.0 Å². The molecule has 3 aliphatic rings. The molecule has 0 bridgehead atoms. The van der Waals surface area contributed by atoms with Crippen LogP contribution in [0.4, 0.5) is 5.13 Å². The summed E-state index contributed by atoms with van der Waals surface area (Å²) in [4.78, 5) is 60.0. The van der Waals surface area contributed by atoms with Crippen LogP contribution in [0, 0.1) is 5.92 Å². The van der Waals surface area contributed by atoms with Crippen molar-refractivity contribution >= 4 is 63.7 Å². The molecule has 2 aromatic heterocycles. The number of fused-ring (bicyclic) bond motifs is 1.